The van der Waals surface area contributed by atoms with E-state index in [1.165, 1.54) is 7.11 Å². The van der Waals surface area contributed by atoms with Gasteiger partial charge in [-0.25, -0.2) is 4.98 Å². The Hall–Kier alpha value is -3.02. The van der Waals surface area contributed by atoms with Gasteiger partial charge in [-0.05, 0) is 30.3 Å². The molecule has 0 aliphatic rings. The zero-order chi connectivity index (χ0) is 15.5. The van der Waals surface area contributed by atoms with Gasteiger partial charge < -0.3 is 14.6 Å². The van der Waals surface area contributed by atoms with Crippen LogP contribution in [0.25, 0.3) is 22.8 Å². The molecule has 22 heavy (non-hydrogen) atoms. The molecule has 0 radical (unpaired) electrons. The molecule has 3 rings (SSSR count). The predicted octanol–water partition coefficient (Wildman–Crippen LogP) is 2.86. The Balaban J connectivity index is 2.00. The first-order valence-electron chi connectivity index (χ1n) is 6.66. The third kappa shape index (κ3) is 2.46. The maximum Gasteiger partial charge on any atom is 0.181 e. The molecule has 0 aliphatic heterocycles. The van der Waals surface area contributed by atoms with E-state index in [9.17, 15) is 5.11 Å². The van der Waals surface area contributed by atoms with Gasteiger partial charge in [0.2, 0.25) is 0 Å². The number of H-pyrrole nitrogens is 1. The van der Waals surface area contributed by atoms with E-state index in [2.05, 4.69) is 15.2 Å². The second-order valence-corrected chi connectivity index (χ2v) is 4.59. The summed E-state index contributed by atoms with van der Waals surface area (Å²) in [4.78, 5) is 4.48. The van der Waals surface area contributed by atoms with Crippen LogP contribution in [-0.4, -0.2) is 34.5 Å². The molecule has 112 valence electrons. The van der Waals surface area contributed by atoms with Gasteiger partial charge in [0.25, 0.3) is 0 Å². The molecule has 2 N–H and O–H groups in total. The first kappa shape index (κ1) is 13.9. The fourth-order valence-corrected chi connectivity index (χ4v) is 2.17. The fourth-order valence-electron chi connectivity index (χ4n) is 2.17. The van der Waals surface area contributed by atoms with E-state index in [4.69, 9.17) is 9.47 Å². The number of benzene rings is 2. The number of nitrogens with zero attached hydrogens (tertiary/aromatic N) is 2. The maximum atomic E-state index is 9.64. The minimum atomic E-state index is 0.0757. The van der Waals surface area contributed by atoms with Crippen LogP contribution in [0.15, 0.2) is 42.5 Å². The highest BCUT2D eigenvalue weighted by Crippen LogP contribution is 2.32. The minimum Gasteiger partial charge on any atom is -0.504 e. The average Bonchev–Trinajstić information content (AvgIpc) is 3.05. The molecule has 0 fully saturated rings. The lowest BCUT2D eigenvalue weighted by molar-refractivity contribution is 0.373. The topological polar surface area (TPSA) is 80.3 Å². The highest BCUT2D eigenvalue weighted by molar-refractivity contribution is 5.67. The van der Waals surface area contributed by atoms with E-state index in [-0.39, 0.29) is 5.75 Å². The molecule has 0 amide bonds. The molecule has 0 spiro atoms. The molecular formula is C16H15N3O3. The number of nitrogens with one attached hydrogen (secondary N) is 1. The first-order valence-corrected chi connectivity index (χ1v) is 6.66. The van der Waals surface area contributed by atoms with Gasteiger partial charge in [0.05, 0.1) is 19.8 Å². The first-order chi connectivity index (χ1) is 10.7. The predicted molar refractivity (Wildman–Crippen MR) is 82.0 cm³/mol. The van der Waals surface area contributed by atoms with Gasteiger partial charge >= 0.3 is 0 Å². The van der Waals surface area contributed by atoms with E-state index < -0.39 is 0 Å². The Morgan fingerprint density at radius 2 is 1.77 bits per heavy atom. The summed E-state index contributed by atoms with van der Waals surface area (Å²) in [7, 11) is 3.11. The van der Waals surface area contributed by atoms with Crippen LogP contribution in [0.5, 0.6) is 17.2 Å². The van der Waals surface area contributed by atoms with Crippen molar-refractivity contribution in [3.05, 3.63) is 42.5 Å². The van der Waals surface area contributed by atoms with Crippen molar-refractivity contribution in [3.8, 4) is 40.0 Å². The molecule has 3 aromatic rings. The Kier molecular flexibility index (Phi) is 3.65. The van der Waals surface area contributed by atoms with E-state index >= 15 is 0 Å². The van der Waals surface area contributed by atoms with E-state index in [0.717, 1.165) is 11.1 Å². The zero-order valence-electron chi connectivity index (χ0n) is 12.2. The molecule has 6 heteroatoms. The van der Waals surface area contributed by atoms with Crippen molar-refractivity contribution in [1.82, 2.24) is 15.2 Å². The number of aromatic amines is 1. The summed E-state index contributed by atoms with van der Waals surface area (Å²) >= 11 is 0. The van der Waals surface area contributed by atoms with Crippen LogP contribution in [0.4, 0.5) is 0 Å². The fraction of sp³-hybridized carbons (Fsp3) is 0.125. The molecule has 1 aromatic heterocycles. The summed E-state index contributed by atoms with van der Waals surface area (Å²) in [6.07, 6.45) is 0. The van der Waals surface area contributed by atoms with Crippen LogP contribution in [-0.2, 0) is 0 Å². The number of aromatic nitrogens is 3. The monoisotopic (exact) mass is 297 g/mol. The minimum absolute atomic E-state index is 0.0757. The van der Waals surface area contributed by atoms with Crippen LogP contribution in [0.3, 0.4) is 0 Å². The summed E-state index contributed by atoms with van der Waals surface area (Å²) in [5, 5.41) is 16.8. The van der Waals surface area contributed by atoms with Crippen LogP contribution < -0.4 is 9.47 Å². The largest absolute Gasteiger partial charge is 0.504 e. The molecular weight excluding hydrogens is 282 g/mol. The van der Waals surface area contributed by atoms with Crippen molar-refractivity contribution >= 4 is 0 Å². The Labute approximate surface area is 127 Å². The van der Waals surface area contributed by atoms with E-state index in [1.54, 1.807) is 25.3 Å². The van der Waals surface area contributed by atoms with Gasteiger partial charge in [-0.3, -0.25) is 5.10 Å². The second kappa shape index (κ2) is 5.77. The average molecular weight is 297 g/mol. The summed E-state index contributed by atoms with van der Waals surface area (Å²) in [6.45, 7) is 0. The normalized spacial score (nSPS) is 10.5. The third-order valence-corrected chi connectivity index (χ3v) is 3.29. The Morgan fingerprint density at radius 1 is 1.00 bits per heavy atom. The molecule has 0 bridgehead atoms. The van der Waals surface area contributed by atoms with Crippen molar-refractivity contribution in [2.24, 2.45) is 0 Å². The lowest BCUT2D eigenvalue weighted by Crippen LogP contribution is -1.89. The number of hydrogen-bond acceptors (Lipinski definition) is 5. The van der Waals surface area contributed by atoms with Gasteiger partial charge in [0.15, 0.2) is 23.1 Å². The molecule has 0 saturated heterocycles. The number of hydrogen-bond donors (Lipinski definition) is 2. The van der Waals surface area contributed by atoms with Crippen molar-refractivity contribution < 1.29 is 14.6 Å². The van der Waals surface area contributed by atoms with Crippen molar-refractivity contribution in [2.45, 2.75) is 0 Å². The molecule has 1 heterocycles. The van der Waals surface area contributed by atoms with Gasteiger partial charge in [-0.1, -0.05) is 12.1 Å². The third-order valence-electron chi connectivity index (χ3n) is 3.29. The Bertz CT molecular complexity index is 799. The van der Waals surface area contributed by atoms with Gasteiger partial charge in [0, 0.05) is 5.56 Å². The van der Waals surface area contributed by atoms with E-state index in [0.29, 0.717) is 23.1 Å². The summed E-state index contributed by atoms with van der Waals surface area (Å²) < 4.78 is 10.4. The summed E-state index contributed by atoms with van der Waals surface area (Å²) in [5.74, 6) is 2.29. The SMILES string of the molecule is COc1cc(-c2n[nH]c(-c3ccccc3OC)n2)ccc1O. The number of ether oxygens (including phenoxy) is 2. The lowest BCUT2D eigenvalue weighted by atomic mass is 10.2. The maximum absolute atomic E-state index is 9.64. The number of methoxy groups -OCH3 is 2. The summed E-state index contributed by atoms with van der Waals surface area (Å²) in [5.41, 5.74) is 1.57. The molecule has 0 saturated carbocycles. The lowest BCUT2D eigenvalue weighted by Gasteiger charge is -2.05. The highest BCUT2D eigenvalue weighted by Gasteiger charge is 2.13. The van der Waals surface area contributed by atoms with Crippen molar-refractivity contribution in [1.29, 1.82) is 0 Å². The number of para-hydroxylation sites is 1. The van der Waals surface area contributed by atoms with Crippen LogP contribution in [0.2, 0.25) is 0 Å². The highest BCUT2D eigenvalue weighted by atomic mass is 16.5. The van der Waals surface area contributed by atoms with E-state index in [1.807, 2.05) is 24.3 Å². The van der Waals surface area contributed by atoms with Crippen LogP contribution >= 0.6 is 0 Å². The van der Waals surface area contributed by atoms with Crippen molar-refractivity contribution in [2.75, 3.05) is 14.2 Å². The zero-order valence-corrected chi connectivity index (χ0v) is 12.2. The molecule has 2 aromatic carbocycles. The standard InChI is InChI=1S/C16H15N3O3/c1-21-13-6-4-3-5-11(13)16-17-15(18-19-16)10-7-8-12(20)14(9-10)22-2/h3-9,20H,1-2H3,(H,17,18,19). The quantitative estimate of drug-likeness (QED) is 0.774. The van der Waals surface area contributed by atoms with Gasteiger partial charge in [-0.2, -0.15) is 5.10 Å². The molecule has 6 nitrogen and oxygen atoms in total. The number of rotatable bonds is 4. The molecule has 0 aliphatic carbocycles. The van der Waals surface area contributed by atoms with Gasteiger partial charge in [0.1, 0.15) is 5.75 Å². The van der Waals surface area contributed by atoms with Gasteiger partial charge in [-0.15, -0.1) is 0 Å². The van der Waals surface area contributed by atoms with Crippen LogP contribution in [0.1, 0.15) is 0 Å². The second-order valence-electron chi connectivity index (χ2n) is 4.59. The van der Waals surface area contributed by atoms with Crippen molar-refractivity contribution in [3.63, 3.8) is 0 Å². The number of phenols is 1. The Morgan fingerprint density at radius 3 is 2.55 bits per heavy atom. The number of phenolic OH excluding ortho intramolecular Hbond substituents is 1. The molecule has 0 unspecified atom stereocenters. The van der Waals surface area contributed by atoms with Crippen LogP contribution in [0, 0.1) is 0 Å². The number of aromatic hydroxyl groups is 1. The smallest absolute Gasteiger partial charge is 0.181 e. The summed E-state index contributed by atoms with van der Waals surface area (Å²) in [6, 6.07) is 12.5. The molecule has 0 atom stereocenters.